The first-order valence-electron chi connectivity index (χ1n) is 15.1. The second-order valence-corrected chi connectivity index (χ2v) is 12.3. The van der Waals surface area contributed by atoms with Crippen molar-refractivity contribution in [3.8, 4) is 11.8 Å². The zero-order chi connectivity index (χ0) is 32.6. The minimum Gasteiger partial charge on any atom is -0.488 e. The normalized spacial score (nSPS) is 19.2. The second kappa shape index (κ2) is 12.2. The van der Waals surface area contributed by atoms with Crippen LogP contribution in [0.25, 0.3) is 10.8 Å². The summed E-state index contributed by atoms with van der Waals surface area (Å²) in [6, 6.07) is 17.4. The number of carbonyl (C=O) groups is 2. The number of hydrogen-bond acceptors (Lipinski definition) is 8. The molecule has 2 atom stereocenters. The van der Waals surface area contributed by atoms with E-state index in [1.54, 1.807) is 19.3 Å². The molecule has 3 aromatic carbocycles. The van der Waals surface area contributed by atoms with Crippen molar-refractivity contribution in [3.05, 3.63) is 88.9 Å². The van der Waals surface area contributed by atoms with Crippen LogP contribution in [0.2, 0.25) is 0 Å². The Morgan fingerprint density at radius 3 is 2.74 bits per heavy atom. The van der Waals surface area contributed by atoms with Gasteiger partial charge in [-0.3, -0.25) is 10.1 Å². The topological polar surface area (TPSA) is 143 Å². The molecule has 0 radical (unpaired) electrons. The number of benzene rings is 3. The van der Waals surface area contributed by atoms with Gasteiger partial charge in [0, 0.05) is 54.1 Å². The van der Waals surface area contributed by atoms with E-state index in [-0.39, 0.29) is 43.0 Å². The van der Waals surface area contributed by atoms with E-state index >= 15 is 4.39 Å². The standard InChI is InChI=1S/C35H35FN6O4/c1-20-12-23-4-6-27(20)21(2)17-45-34(44)41-26-14-24(31(29(36)15-26)46-19-35(18-37)9-10-35)16-42(3)33(43)30(23)40-25-5-7-28-22(13-25)8-11-39-32(28)38/h4-8,11-15,21,30,40H,9-10,16-17,19H2,1-3H3,(H2,38,39)(H,41,44)/t21-,30+/m0/s1. The summed E-state index contributed by atoms with van der Waals surface area (Å²) >= 11 is 0. The molecule has 236 valence electrons. The average molecular weight is 623 g/mol. The van der Waals surface area contributed by atoms with Gasteiger partial charge >= 0.3 is 6.09 Å². The van der Waals surface area contributed by atoms with Crippen molar-refractivity contribution in [1.82, 2.24) is 9.88 Å². The van der Waals surface area contributed by atoms with Crippen molar-refractivity contribution in [2.75, 3.05) is 36.6 Å². The molecule has 1 saturated carbocycles. The molecule has 3 aliphatic rings. The molecule has 1 aliphatic carbocycles. The number of amides is 2. The summed E-state index contributed by atoms with van der Waals surface area (Å²) in [6.07, 6.45) is 2.25. The predicted octanol–water partition coefficient (Wildman–Crippen LogP) is 6.42. The van der Waals surface area contributed by atoms with Crippen molar-refractivity contribution in [3.63, 3.8) is 0 Å². The third-order valence-corrected chi connectivity index (χ3v) is 8.71. The Balaban J connectivity index is 1.40. The predicted molar refractivity (Wildman–Crippen MR) is 173 cm³/mol. The number of anilines is 3. The van der Waals surface area contributed by atoms with Crippen LogP contribution >= 0.6 is 0 Å². The summed E-state index contributed by atoms with van der Waals surface area (Å²) in [7, 11) is 1.63. The number of rotatable bonds is 5. The smallest absolute Gasteiger partial charge is 0.411 e. The van der Waals surface area contributed by atoms with E-state index in [0.29, 0.717) is 29.9 Å². The van der Waals surface area contributed by atoms with E-state index in [1.165, 1.54) is 4.90 Å². The molecule has 2 amide bonds. The molecular weight excluding hydrogens is 587 g/mol. The molecule has 2 aliphatic heterocycles. The van der Waals surface area contributed by atoms with Gasteiger partial charge < -0.3 is 25.4 Å². The molecule has 4 aromatic rings. The van der Waals surface area contributed by atoms with Crippen molar-refractivity contribution in [1.29, 1.82) is 5.26 Å². The number of likely N-dealkylation sites (N-methyl/N-ethyl adjacent to an activating group) is 1. The lowest BCUT2D eigenvalue weighted by Gasteiger charge is -2.28. The van der Waals surface area contributed by atoms with Gasteiger partial charge in [-0.15, -0.1) is 0 Å². The highest BCUT2D eigenvalue weighted by Gasteiger charge is 2.44. The quantitative estimate of drug-likeness (QED) is 0.231. The van der Waals surface area contributed by atoms with Crippen LogP contribution in [0.1, 0.15) is 54.0 Å². The van der Waals surface area contributed by atoms with Gasteiger partial charge in [-0.25, -0.2) is 14.2 Å². The minimum absolute atomic E-state index is 0.0234. The lowest BCUT2D eigenvalue weighted by molar-refractivity contribution is -0.131. The Hall–Kier alpha value is -5.37. The molecular formula is C35H35FN6O4. The molecule has 4 N–H and O–H groups in total. The van der Waals surface area contributed by atoms with Gasteiger partial charge in [0.1, 0.15) is 18.5 Å². The maximum atomic E-state index is 15.6. The molecule has 0 spiro atoms. The van der Waals surface area contributed by atoms with E-state index in [0.717, 1.165) is 33.5 Å². The average Bonchev–Trinajstić information content (AvgIpc) is 3.81. The molecule has 11 heteroatoms. The zero-order valence-electron chi connectivity index (χ0n) is 25.9. The Morgan fingerprint density at radius 1 is 1.20 bits per heavy atom. The van der Waals surface area contributed by atoms with Crippen molar-refractivity contribution in [2.45, 2.75) is 45.2 Å². The summed E-state index contributed by atoms with van der Waals surface area (Å²) < 4.78 is 27.0. The number of nitrogens with two attached hydrogens (primary N) is 1. The number of nitrogens with zero attached hydrogens (tertiary/aromatic N) is 3. The number of fused-ring (bicyclic) bond motifs is 10. The summed E-state index contributed by atoms with van der Waals surface area (Å²) in [5, 5.41) is 17.2. The highest BCUT2D eigenvalue weighted by atomic mass is 19.1. The van der Waals surface area contributed by atoms with Crippen LogP contribution in [0.4, 0.5) is 26.4 Å². The Morgan fingerprint density at radius 2 is 2.00 bits per heavy atom. The Labute approximate surface area is 266 Å². The largest absolute Gasteiger partial charge is 0.488 e. The van der Waals surface area contributed by atoms with Gasteiger partial charge in [-0.1, -0.05) is 25.1 Å². The van der Waals surface area contributed by atoms with E-state index in [4.69, 9.17) is 15.2 Å². The number of nitrogens with one attached hydrogen (secondary N) is 2. The van der Waals surface area contributed by atoms with Crippen LogP contribution in [0.3, 0.4) is 0 Å². The van der Waals surface area contributed by atoms with Crippen LogP contribution in [0.5, 0.6) is 5.75 Å². The molecule has 3 heterocycles. The first-order chi connectivity index (χ1) is 22.1. The van der Waals surface area contributed by atoms with Crippen molar-refractivity contribution >= 4 is 40.0 Å². The first kappa shape index (κ1) is 30.6. The van der Waals surface area contributed by atoms with Gasteiger partial charge in [-0.05, 0) is 72.2 Å². The number of pyridine rings is 1. The highest BCUT2D eigenvalue weighted by molar-refractivity contribution is 5.94. The monoisotopic (exact) mass is 622 g/mol. The molecule has 0 saturated heterocycles. The number of aromatic nitrogens is 1. The lowest BCUT2D eigenvalue weighted by atomic mass is 9.93. The Bertz CT molecular complexity index is 1890. The van der Waals surface area contributed by atoms with E-state index < -0.39 is 23.4 Å². The molecule has 46 heavy (non-hydrogen) atoms. The third-order valence-electron chi connectivity index (χ3n) is 8.71. The van der Waals surface area contributed by atoms with E-state index in [2.05, 4.69) is 21.7 Å². The Kier molecular flexibility index (Phi) is 8.13. The van der Waals surface area contributed by atoms with Crippen molar-refractivity contribution in [2.24, 2.45) is 5.41 Å². The lowest BCUT2D eigenvalue weighted by Crippen LogP contribution is -2.35. The van der Waals surface area contributed by atoms with Gasteiger partial charge in [0.15, 0.2) is 11.6 Å². The van der Waals surface area contributed by atoms with Gasteiger partial charge in [0.05, 0.1) is 18.1 Å². The summed E-state index contributed by atoms with van der Waals surface area (Å²) in [5.74, 6) is -0.793. The molecule has 4 bridgehead atoms. The number of nitrogen functional groups attached to an aromatic ring is 1. The number of ether oxygens (including phenoxy) is 2. The molecule has 1 aromatic heterocycles. The summed E-state index contributed by atoms with van der Waals surface area (Å²) in [4.78, 5) is 32.6. The van der Waals surface area contributed by atoms with Crippen LogP contribution in [-0.4, -0.2) is 42.1 Å². The fourth-order valence-corrected chi connectivity index (χ4v) is 5.83. The zero-order valence-corrected chi connectivity index (χ0v) is 25.9. The molecule has 1 fully saturated rings. The highest BCUT2D eigenvalue weighted by Crippen LogP contribution is 2.45. The van der Waals surface area contributed by atoms with Crippen LogP contribution in [-0.2, 0) is 16.1 Å². The first-order valence-corrected chi connectivity index (χ1v) is 15.1. The number of hydrogen-bond donors (Lipinski definition) is 3. The number of halogens is 1. The maximum absolute atomic E-state index is 15.6. The maximum Gasteiger partial charge on any atom is 0.411 e. The van der Waals surface area contributed by atoms with Crippen LogP contribution in [0.15, 0.2) is 60.8 Å². The summed E-state index contributed by atoms with van der Waals surface area (Å²) in [5.41, 5.74) is 9.25. The second-order valence-electron chi connectivity index (χ2n) is 12.3. The fourth-order valence-electron chi connectivity index (χ4n) is 5.83. The molecule has 10 nitrogen and oxygen atoms in total. The summed E-state index contributed by atoms with van der Waals surface area (Å²) in [6.45, 7) is 3.98. The molecule has 0 unspecified atom stereocenters. The van der Waals surface area contributed by atoms with Gasteiger partial charge in [0.25, 0.3) is 0 Å². The number of aryl methyl sites for hydroxylation is 1. The van der Waals surface area contributed by atoms with E-state index in [9.17, 15) is 14.9 Å². The van der Waals surface area contributed by atoms with Crippen LogP contribution in [0, 0.1) is 29.5 Å². The van der Waals surface area contributed by atoms with Gasteiger partial charge in [0.2, 0.25) is 5.91 Å². The van der Waals surface area contributed by atoms with Crippen LogP contribution < -0.4 is 21.1 Å². The fraction of sp³-hybridized carbons (Fsp3) is 0.314. The SMILES string of the molecule is Cc1cc2ccc1[C@@H](C)COC(=O)Nc1cc(F)c(OCC3(C#N)CC3)c(c1)CN(C)C(=O)[C@@H]2Nc1ccc2c(N)nccc2c1. The number of nitriles is 1. The molecule has 7 rings (SSSR count). The van der Waals surface area contributed by atoms with Gasteiger partial charge in [-0.2, -0.15) is 5.26 Å². The number of carbonyl (C=O) groups excluding carboxylic acids is 2. The van der Waals surface area contributed by atoms with Crippen molar-refractivity contribution < 1.29 is 23.5 Å². The third kappa shape index (κ3) is 6.24. The van der Waals surface area contributed by atoms with E-state index in [1.807, 2.05) is 56.3 Å². The minimum atomic E-state index is -0.806.